The van der Waals surface area contributed by atoms with E-state index in [0.717, 1.165) is 18.5 Å². The lowest BCUT2D eigenvalue weighted by Gasteiger charge is -2.26. The second-order valence-electron chi connectivity index (χ2n) is 4.42. The molecule has 1 aromatic rings. The summed E-state index contributed by atoms with van der Waals surface area (Å²) in [6.45, 7) is 6.03. The molecule has 0 saturated heterocycles. The summed E-state index contributed by atoms with van der Waals surface area (Å²) >= 11 is 0. The van der Waals surface area contributed by atoms with Crippen LogP contribution in [0.1, 0.15) is 44.0 Å². The Morgan fingerprint density at radius 2 is 1.76 bits per heavy atom. The molecule has 0 amide bonds. The zero-order chi connectivity index (χ0) is 12.9. The third-order valence-electron chi connectivity index (χ3n) is 3.23. The standard InChI is InChI=1S/C14H21NO2/c1-4-14(17,5-2)10-15-13-8-6-12(7-9-13)11(3)16/h6-9,15,17H,4-5,10H2,1-3H3. The van der Waals surface area contributed by atoms with E-state index in [1.54, 1.807) is 19.1 Å². The molecule has 0 atom stereocenters. The van der Waals surface area contributed by atoms with E-state index in [1.807, 2.05) is 26.0 Å². The van der Waals surface area contributed by atoms with Crippen molar-refractivity contribution < 1.29 is 9.90 Å². The quantitative estimate of drug-likeness (QED) is 0.745. The van der Waals surface area contributed by atoms with Crippen LogP contribution in [0.25, 0.3) is 0 Å². The van der Waals surface area contributed by atoms with Gasteiger partial charge in [-0.05, 0) is 44.0 Å². The van der Waals surface area contributed by atoms with Crippen LogP contribution in [0.4, 0.5) is 5.69 Å². The Morgan fingerprint density at radius 3 is 2.18 bits per heavy atom. The van der Waals surface area contributed by atoms with Crippen molar-refractivity contribution >= 4 is 11.5 Å². The summed E-state index contributed by atoms with van der Waals surface area (Å²) in [6.07, 6.45) is 1.45. The van der Waals surface area contributed by atoms with E-state index in [-0.39, 0.29) is 5.78 Å². The minimum Gasteiger partial charge on any atom is -0.388 e. The van der Waals surface area contributed by atoms with E-state index in [9.17, 15) is 9.90 Å². The van der Waals surface area contributed by atoms with Crippen molar-refractivity contribution in [3.05, 3.63) is 29.8 Å². The molecule has 0 aliphatic carbocycles. The average Bonchev–Trinajstić information content (AvgIpc) is 2.36. The van der Waals surface area contributed by atoms with Gasteiger partial charge in [-0.25, -0.2) is 0 Å². The molecule has 0 radical (unpaired) electrons. The molecule has 17 heavy (non-hydrogen) atoms. The summed E-state index contributed by atoms with van der Waals surface area (Å²) in [4.78, 5) is 11.1. The van der Waals surface area contributed by atoms with Gasteiger partial charge in [-0.15, -0.1) is 0 Å². The largest absolute Gasteiger partial charge is 0.388 e. The summed E-state index contributed by atoms with van der Waals surface area (Å²) in [7, 11) is 0. The molecule has 2 N–H and O–H groups in total. The molecule has 0 unspecified atom stereocenters. The molecule has 94 valence electrons. The van der Waals surface area contributed by atoms with Crippen molar-refractivity contribution in [1.82, 2.24) is 0 Å². The topological polar surface area (TPSA) is 49.3 Å². The first kappa shape index (κ1) is 13.7. The number of rotatable bonds is 6. The number of benzene rings is 1. The van der Waals surface area contributed by atoms with Gasteiger partial charge >= 0.3 is 0 Å². The number of Topliss-reactive ketones (excluding diaryl/α,β-unsaturated/α-hetero) is 1. The molecular weight excluding hydrogens is 214 g/mol. The molecular formula is C14H21NO2. The lowest BCUT2D eigenvalue weighted by Crippen LogP contribution is -2.35. The second kappa shape index (κ2) is 5.82. The van der Waals surface area contributed by atoms with E-state index in [2.05, 4.69) is 5.32 Å². The monoisotopic (exact) mass is 235 g/mol. The molecule has 0 bridgehead atoms. The fourth-order valence-corrected chi connectivity index (χ4v) is 1.59. The third-order valence-corrected chi connectivity index (χ3v) is 3.23. The smallest absolute Gasteiger partial charge is 0.159 e. The summed E-state index contributed by atoms with van der Waals surface area (Å²) in [5.41, 5.74) is 0.978. The number of anilines is 1. The van der Waals surface area contributed by atoms with Gasteiger partial charge in [-0.1, -0.05) is 13.8 Å². The Balaban J connectivity index is 2.61. The molecule has 0 spiro atoms. The molecule has 0 aromatic heterocycles. The van der Waals surface area contributed by atoms with Gasteiger partial charge in [0.05, 0.1) is 5.60 Å². The van der Waals surface area contributed by atoms with Crippen LogP contribution in [0.2, 0.25) is 0 Å². The van der Waals surface area contributed by atoms with Gasteiger partial charge in [0, 0.05) is 17.8 Å². The van der Waals surface area contributed by atoms with E-state index >= 15 is 0 Å². The zero-order valence-corrected chi connectivity index (χ0v) is 10.8. The summed E-state index contributed by atoms with van der Waals surface area (Å²) in [5, 5.41) is 13.3. The molecule has 3 heteroatoms. The van der Waals surface area contributed by atoms with Crippen LogP contribution in [0, 0.1) is 0 Å². The number of hydrogen-bond donors (Lipinski definition) is 2. The number of ketones is 1. The average molecular weight is 235 g/mol. The summed E-state index contributed by atoms with van der Waals surface area (Å²) in [5.74, 6) is 0.0650. The molecule has 3 nitrogen and oxygen atoms in total. The first-order valence-electron chi connectivity index (χ1n) is 6.08. The summed E-state index contributed by atoms with van der Waals surface area (Å²) < 4.78 is 0. The Hall–Kier alpha value is -1.35. The number of carbonyl (C=O) groups excluding carboxylic acids is 1. The Bertz CT molecular complexity index is 366. The first-order valence-corrected chi connectivity index (χ1v) is 6.08. The van der Waals surface area contributed by atoms with E-state index in [1.165, 1.54) is 0 Å². The van der Waals surface area contributed by atoms with Gasteiger partial charge in [0.15, 0.2) is 5.78 Å². The highest BCUT2D eigenvalue weighted by Gasteiger charge is 2.21. The first-order chi connectivity index (χ1) is 8.00. The molecule has 0 heterocycles. The van der Waals surface area contributed by atoms with E-state index in [0.29, 0.717) is 12.1 Å². The second-order valence-corrected chi connectivity index (χ2v) is 4.42. The van der Waals surface area contributed by atoms with Crippen molar-refractivity contribution in [2.75, 3.05) is 11.9 Å². The van der Waals surface area contributed by atoms with Gasteiger partial charge < -0.3 is 10.4 Å². The molecule has 0 fully saturated rings. The Kier molecular flexibility index (Phi) is 4.70. The van der Waals surface area contributed by atoms with Crippen LogP contribution >= 0.6 is 0 Å². The van der Waals surface area contributed by atoms with Crippen LogP contribution in [0.3, 0.4) is 0 Å². The normalized spacial score (nSPS) is 11.3. The molecule has 1 rings (SSSR count). The van der Waals surface area contributed by atoms with Gasteiger partial charge in [0.1, 0.15) is 0 Å². The van der Waals surface area contributed by atoms with Gasteiger partial charge in [-0.3, -0.25) is 4.79 Å². The van der Waals surface area contributed by atoms with Crippen molar-refractivity contribution in [3.8, 4) is 0 Å². The van der Waals surface area contributed by atoms with Crippen LogP contribution in [0.5, 0.6) is 0 Å². The minimum atomic E-state index is -0.654. The predicted molar refractivity (Wildman–Crippen MR) is 70.5 cm³/mol. The fourth-order valence-electron chi connectivity index (χ4n) is 1.59. The van der Waals surface area contributed by atoms with Crippen LogP contribution in [-0.2, 0) is 0 Å². The van der Waals surface area contributed by atoms with Gasteiger partial charge in [-0.2, -0.15) is 0 Å². The molecule has 0 saturated carbocycles. The lowest BCUT2D eigenvalue weighted by atomic mass is 9.97. The highest BCUT2D eigenvalue weighted by molar-refractivity contribution is 5.94. The van der Waals surface area contributed by atoms with Gasteiger partial charge in [0.2, 0.25) is 0 Å². The predicted octanol–water partition coefficient (Wildman–Crippen LogP) is 2.85. The van der Waals surface area contributed by atoms with Crippen molar-refractivity contribution in [3.63, 3.8) is 0 Å². The Labute approximate surface area is 103 Å². The number of carbonyl (C=O) groups is 1. The SMILES string of the molecule is CCC(O)(CC)CNc1ccc(C(C)=O)cc1. The fraction of sp³-hybridized carbons (Fsp3) is 0.500. The molecule has 0 aliphatic heterocycles. The minimum absolute atomic E-state index is 0.0650. The molecule has 1 aromatic carbocycles. The van der Waals surface area contributed by atoms with E-state index < -0.39 is 5.60 Å². The van der Waals surface area contributed by atoms with Crippen LogP contribution < -0.4 is 5.32 Å². The van der Waals surface area contributed by atoms with Crippen molar-refractivity contribution in [2.45, 2.75) is 39.2 Å². The maximum atomic E-state index is 11.1. The third kappa shape index (κ3) is 3.86. The maximum Gasteiger partial charge on any atom is 0.159 e. The zero-order valence-electron chi connectivity index (χ0n) is 10.8. The lowest BCUT2D eigenvalue weighted by molar-refractivity contribution is 0.0457. The maximum absolute atomic E-state index is 11.1. The number of hydrogen-bond acceptors (Lipinski definition) is 3. The van der Waals surface area contributed by atoms with Crippen molar-refractivity contribution in [2.24, 2.45) is 0 Å². The van der Waals surface area contributed by atoms with Crippen LogP contribution in [-0.4, -0.2) is 23.0 Å². The highest BCUT2D eigenvalue weighted by Crippen LogP contribution is 2.17. The Morgan fingerprint density at radius 1 is 1.24 bits per heavy atom. The van der Waals surface area contributed by atoms with Gasteiger partial charge in [0.25, 0.3) is 0 Å². The highest BCUT2D eigenvalue weighted by atomic mass is 16.3. The number of nitrogens with one attached hydrogen (secondary N) is 1. The van der Waals surface area contributed by atoms with Crippen LogP contribution in [0.15, 0.2) is 24.3 Å². The molecule has 0 aliphatic rings. The van der Waals surface area contributed by atoms with Crippen molar-refractivity contribution in [1.29, 1.82) is 0 Å². The van der Waals surface area contributed by atoms with E-state index in [4.69, 9.17) is 0 Å². The summed E-state index contributed by atoms with van der Waals surface area (Å²) in [6, 6.07) is 7.31. The number of aliphatic hydroxyl groups is 1.